The highest BCUT2D eigenvalue weighted by Crippen LogP contribution is 2.18. The Morgan fingerprint density at radius 1 is 1.00 bits per heavy atom. The molecule has 0 fully saturated rings. The molecule has 7 heteroatoms. The minimum atomic E-state index is -3.47. The average Bonchev–Trinajstić information content (AvgIpc) is 2.77. The molecule has 29 heavy (non-hydrogen) atoms. The molecule has 150 valence electrons. The Balaban J connectivity index is 1.60. The summed E-state index contributed by atoms with van der Waals surface area (Å²) in [6.07, 6.45) is 3.46. The van der Waals surface area contributed by atoms with Crippen molar-refractivity contribution in [3.05, 3.63) is 89.7 Å². The molecule has 6 nitrogen and oxygen atoms in total. The molecule has 3 aromatic rings. The normalized spacial score (nSPS) is 11.1. The van der Waals surface area contributed by atoms with Crippen LogP contribution in [0.15, 0.2) is 78.0 Å². The summed E-state index contributed by atoms with van der Waals surface area (Å²) < 4.78 is 30.1. The van der Waals surface area contributed by atoms with Crippen LogP contribution in [-0.4, -0.2) is 25.1 Å². The highest BCUT2D eigenvalue weighted by atomic mass is 32.2. The van der Waals surface area contributed by atoms with Crippen LogP contribution in [0.3, 0.4) is 0 Å². The van der Waals surface area contributed by atoms with Crippen LogP contribution in [0.4, 0.5) is 0 Å². The fourth-order valence-corrected chi connectivity index (χ4v) is 3.80. The number of carbonyl (C=O) groups is 1. The molecule has 3 rings (SSSR count). The lowest BCUT2D eigenvalue weighted by molar-refractivity contribution is 0.0947. The molecule has 0 atom stereocenters. The van der Waals surface area contributed by atoms with Crippen molar-refractivity contribution in [3.8, 4) is 5.75 Å². The lowest BCUT2D eigenvalue weighted by Gasteiger charge is -2.11. The fraction of sp³-hybridized carbons (Fsp3) is 0.182. The Hall–Kier alpha value is -3.19. The highest BCUT2D eigenvalue weighted by Gasteiger charge is 2.20. The molecule has 1 amide bonds. The summed E-state index contributed by atoms with van der Waals surface area (Å²) in [5, 5.41) is 2.78. The summed E-state index contributed by atoms with van der Waals surface area (Å²) >= 11 is 0. The topological polar surface area (TPSA) is 85.4 Å². The number of hydrogen-bond acceptors (Lipinski definition) is 5. The molecule has 0 bridgehead atoms. The Labute approximate surface area is 170 Å². The van der Waals surface area contributed by atoms with E-state index in [1.54, 1.807) is 31.5 Å². The lowest BCUT2D eigenvalue weighted by atomic mass is 10.2. The summed E-state index contributed by atoms with van der Waals surface area (Å²) in [6.45, 7) is 2.26. The van der Waals surface area contributed by atoms with Gasteiger partial charge in [-0.1, -0.05) is 37.3 Å². The Kier molecular flexibility index (Phi) is 6.61. The van der Waals surface area contributed by atoms with E-state index >= 15 is 0 Å². The second kappa shape index (κ2) is 9.34. The molecule has 0 saturated heterocycles. The van der Waals surface area contributed by atoms with Crippen LogP contribution in [0.5, 0.6) is 5.75 Å². The quantitative estimate of drug-likeness (QED) is 0.615. The molecule has 1 heterocycles. The third-order valence-corrected chi connectivity index (χ3v) is 6.14. The standard InChI is InChI=1S/C22H22N2O4S/c1-2-29(26,27)21-8-4-3-7-20(21)22(25)24-15-17-9-11-19(12-10-17)28-16-18-6-5-13-23-14-18/h3-14H,2,15-16H2,1H3,(H,24,25). The van der Waals surface area contributed by atoms with Crippen molar-refractivity contribution >= 4 is 15.7 Å². The number of rotatable bonds is 8. The van der Waals surface area contributed by atoms with E-state index in [0.717, 1.165) is 11.1 Å². The second-order valence-corrected chi connectivity index (χ2v) is 8.62. The first-order valence-electron chi connectivity index (χ1n) is 9.20. The van der Waals surface area contributed by atoms with Crippen LogP contribution in [0.25, 0.3) is 0 Å². The monoisotopic (exact) mass is 410 g/mol. The third-order valence-electron chi connectivity index (χ3n) is 4.35. The summed E-state index contributed by atoms with van der Waals surface area (Å²) in [5.41, 5.74) is 2.01. The van der Waals surface area contributed by atoms with Crippen molar-refractivity contribution in [2.24, 2.45) is 0 Å². The highest BCUT2D eigenvalue weighted by molar-refractivity contribution is 7.91. The zero-order valence-electron chi connectivity index (χ0n) is 16.0. The van der Waals surface area contributed by atoms with Crippen LogP contribution < -0.4 is 10.1 Å². The molecule has 1 aromatic heterocycles. The zero-order valence-corrected chi connectivity index (χ0v) is 16.9. The molecule has 0 aliphatic carbocycles. The lowest BCUT2D eigenvalue weighted by Crippen LogP contribution is -2.25. The summed E-state index contributed by atoms with van der Waals surface area (Å²) in [5.74, 6) is 0.232. The molecule has 0 saturated carbocycles. The van der Waals surface area contributed by atoms with Crippen molar-refractivity contribution in [1.29, 1.82) is 0 Å². The number of amides is 1. The van der Waals surface area contributed by atoms with Crippen molar-refractivity contribution in [2.75, 3.05) is 5.75 Å². The Morgan fingerprint density at radius 2 is 1.76 bits per heavy atom. The Bertz CT molecular complexity index is 1070. The smallest absolute Gasteiger partial charge is 0.252 e. The SMILES string of the molecule is CCS(=O)(=O)c1ccccc1C(=O)NCc1ccc(OCc2cccnc2)cc1. The first-order valence-corrected chi connectivity index (χ1v) is 10.9. The minimum Gasteiger partial charge on any atom is -0.489 e. The van der Waals surface area contributed by atoms with E-state index in [1.807, 2.05) is 36.4 Å². The molecule has 0 radical (unpaired) electrons. The molecule has 1 N–H and O–H groups in total. The molecule has 0 aliphatic heterocycles. The van der Waals surface area contributed by atoms with Gasteiger partial charge >= 0.3 is 0 Å². The molecule has 0 aliphatic rings. The molecule has 2 aromatic carbocycles. The minimum absolute atomic E-state index is 0.0548. The van der Waals surface area contributed by atoms with E-state index in [-0.39, 0.29) is 22.8 Å². The van der Waals surface area contributed by atoms with Gasteiger partial charge in [0.15, 0.2) is 9.84 Å². The van der Waals surface area contributed by atoms with Gasteiger partial charge in [-0.15, -0.1) is 0 Å². The third kappa shape index (κ3) is 5.42. The van der Waals surface area contributed by atoms with Gasteiger partial charge in [0.05, 0.1) is 16.2 Å². The van der Waals surface area contributed by atoms with Gasteiger partial charge in [-0.2, -0.15) is 0 Å². The van der Waals surface area contributed by atoms with Crippen LogP contribution in [0.1, 0.15) is 28.4 Å². The molecule has 0 unspecified atom stereocenters. The van der Waals surface area contributed by atoms with E-state index in [4.69, 9.17) is 4.74 Å². The van der Waals surface area contributed by atoms with Crippen LogP contribution in [0, 0.1) is 0 Å². The van der Waals surface area contributed by atoms with Gasteiger partial charge in [0.1, 0.15) is 12.4 Å². The van der Waals surface area contributed by atoms with Crippen LogP contribution in [-0.2, 0) is 23.0 Å². The Morgan fingerprint density at radius 3 is 2.45 bits per heavy atom. The van der Waals surface area contributed by atoms with Gasteiger partial charge in [-0.05, 0) is 35.9 Å². The van der Waals surface area contributed by atoms with E-state index in [0.29, 0.717) is 12.4 Å². The predicted octanol–water partition coefficient (Wildman–Crippen LogP) is 3.38. The summed E-state index contributed by atoms with van der Waals surface area (Å²) in [4.78, 5) is 16.6. The fourth-order valence-electron chi connectivity index (χ4n) is 2.71. The zero-order chi connectivity index (χ0) is 20.7. The largest absolute Gasteiger partial charge is 0.489 e. The number of nitrogens with zero attached hydrogens (tertiary/aromatic N) is 1. The molecule has 0 spiro atoms. The van der Waals surface area contributed by atoms with Gasteiger partial charge in [0.2, 0.25) is 0 Å². The van der Waals surface area contributed by atoms with E-state index in [1.165, 1.54) is 12.1 Å². The van der Waals surface area contributed by atoms with Crippen molar-refractivity contribution < 1.29 is 17.9 Å². The number of benzene rings is 2. The summed E-state index contributed by atoms with van der Waals surface area (Å²) in [7, 11) is -3.47. The van der Waals surface area contributed by atoms with Crippen molar-refractivity contribution in [1.82, 2.24) is 10.3 Å². The van der Waals surface area contributed by atoms with Gasteiger partial charge in [0.25, 0.3) is 5.91 Å². The van der Waals surface area contributed by atoms with Gasteiger partial charge < -0.3 is 10.1 Å². The molecular weight excluding hydrogens is 388 g/mol. The maximum Gasteiger partial charge on any atom is 0.252 e. The number of sulfone groups is 1. The van der Waals surface area contributed by atoms with E-state index < -0.39 is 15.7 Å². The van der Waals surface area contributed by atoms with Gasteiger partial charge in [-0.3, -0.25) is 9.78 Å². The first kappa shape index (κ1) is 20.5. The maximum atomic E-state index is 12.5. The number of ether oxygens (including phenoxy) is 1. The number of pyridine rings is 1. The van der Waals surface area contributed by atoms with Crippen LogP contribution in [0.2, 0.25) is 0 Å². The number of aromatic nitrogens is 1. The summed E-state index contributed by atoms with van der Waals surface area (Å²) in [6, 6.07) is 17.4. The number of nitrogens with one attached hydrogen (secondary N) is 1. The number of carbonyl (C=O) groups excluding carboxylic acids is 1. The first-order chi connectivity index (χ1) is 14.0. The van der Waals surface area contributed by atoms with E-state index in [9.17, 15) is 13.2 Å². The van der Waals surface area contributed by atoms with Gasteiger partial charge in [-0.25, -0.2) is 8.42 Å². The predicted molar refractivity (Wildman–Crippen MR) is 110 cm³/mol. The van der Waals surface area contributed by atoms with Crippen LogP contribution >= 0.6 is 0 Å². The second-order valence-electron chi connectivity index (χ2n) is 6.38. The van der Waals surface area contributed by atoms with Gasteiger partial charge in [0, 0.05) is 24.5 Å². The molecular formula is C22H22N2O4S. The maximum absolute atomic E-state index is 12.5. The van der Waals surface area contributed by atoms with Crippen molar-refractivity contribution in [2.45, 2.75) is 25.0 Å². The number of hydrogen-bond donors (Lipinski definition) is 1. The van der Waals surface area contributed by atoms with Crippen molar-refractivity contribution in [3.63, 3.8) is 0 Å². The van der Waals surface area contributed by atoms with E-state index in [2.05, 4.69) is 10.3 Å². The average molecular weight is 410 g/mol.